The third-order valence-electron chi connectivity index (χ3n) is 7.01. The van der Waals surface area contributed by atoms with E-state index in [1.165, 1.54) is 0 Å². The number of ether oxygens (including phenoxy) is 1. The SMILES string of the molecule is CN(C)CCn1ccc2c3nc(-c4ccc(NC(=O)Nc5cccnc5)cc4)nc(N4CCOCC4)c3ccc21. The number of benzene rings is 2. The number of hydrogen-bond donors (Lipinski definition) is 2. The van der Waals surface area contributed by atoms with Gasteiger partial charge in [-0.1, -0.05) is 0 Å². The Morgan fingerprint density at radius 2 is 1.75 bits per heavy atom. The smallest absolute Gasteiger partial charge is 0.323 e. The molecule has 6 rings (SSSR count). The average Bonchev–Trinajstić information content (AvgIpc) is 3.40. The Balaban J connectivity index is 1.34. The van der Waals surface area contributed by atoms with Crippen LogP contribution in [-0.2, 0) is 11.3 Å². The summed E-state index contributed by atoms with van der Waals surface area (Å²) in [5, 5.41) is 7.79. The van der Waals surface area contributed by atoms with E-state index >= 15 is 0 Å². The number of anilines is 3. The summed E-state index contributed by atoms with van der Waals surface area (Å²) in [4.78, 5) is 31.0. The van der Waals surface area contributed by atoms with Crippen molar-refractivity contribution in [2.45, 2.75) is 6.54 Å². The van der Waals surface area contributed by atoms with Crippen LogP contribution >= 0.6 is 0 Å². The predicted molar refractivity (Wildman–Crippen MR) is 159 cm³/mol. The zero-order valence-electron chi connectivity index (χ0n) is 22.7. The van der Waals surface area contributed by atoms with Crippen molar-refractivity contribution < 1.29 is 9.53 Å². The number of aromatic nitrogens is 4. The molecule has 204 valence electrons. The average molecular weight is 537 g/mol. The molecule has 10 heteroatoms. The van der Waals surface area contributed by atoms with E-state index in [4.69, 9.17) is 14.7 Å². The van der Waals surface area contributed by atoms with Gasteiger partial charge in [-0.25, -0.2) is 14.8 Å². The molecule has 0 bridgehead atoms. The maximum absolute atomic E-state index is 12.4. The lowest BCUT2D eigenvalue weighted by Crippen LogP contribution is -2.37. The zero-order chi connectivity index (χ0) is 27.5. The van der Waals surface area contributed by atoms with Crippen LogP contribution in [0.4, 0.5) is 22.0 Å². The molecule has 3 aromatic heterocycles. The van der Waals surface area contributed by atoms with E-state index in [0.29, 0.717) is 30.4 Å². The monoisotopic (exact) mass is 536 g/mol. The summed E-state index contributed by atoms with van der Waals surface area (Å²) in [5.74, 6) is 1.57. The highest BCUT2D eigenvalue weighted by Gasteiger charge is 2.20. The topological polar surface area (TPSA) is 100 Å². The molecule has 0 saturated carbocycles. The lowest BCUT2D eigenvalue weighted by atomic mass is 10.1. The Hall–Kier alpha value is -4.54. The van der Waals surface area contributed by atoms with Gasteiger partial charge in [-0.05, 0) is 68.7 Å². The van der Waals surface area contributed by atoms with Crippen LogP contribution in [0.2, 0.25) is 0 Å². The number of rotatable bonds is 7. The lowest BCUT2D eigenvalue weighted by Gasteiger charge is -2.29. The van der Waals surface area contributed by atoms with Crippen LogP contribution in [0.25, 0.3) is 33.2 Å². The third-order valence-corrected chi connectivity index (χ3v) is 7.01. The molecule has 0 radical (unpaired) electrons. The molecule has 1 fully saturated rings. The Kier molecular flexibility index (Phi) is 7.26. The largest absolute Gasteiger partial charge is 0.378 e. The van der Waals surface area contributed by atoms with Gasteiger partial charge in [-0.15, -0.1) is 0 Å². The summed E-state index contributed by atoms with van der Waals surface area (Å²) in [5.41, 5.74) is 4.26. The number of morpholine rings is 1. The molecule has 0 spiro atoms. The molecule has 0 aliphatic carbocycles. The second-order valence-corrected chi connectivity index (χ2v) is 10.1. The zero-order valence-corrected chi connectivity index (χ0v) is 22.7. The third kappa shape index (κ3) is 5.45. The van der Waals surface area contributed by atoms with Crippen molar-refractivity contribution in [2.75, 3.05) is 62.5 Å². The van der Waals surface area contributed by atoms with E-state index < -0.39 is 0 Å². The minimum Gasteiger partial charge on any atom is -0.378 e. The second-order valence-electron chi connectivity index (χ2n) is 10.1. The number of hydrogen-bond acceptors (Lipinski definition) is 7. The van der Waals surface area contributed by atoms with Gasteiger partial charge in [0.25, 0.3) is 0 Å². The van der Waals surface area contributed by atoms with E-state index in [-0.39, 0.29) is 6.03 Å². The van der Waals surface area contributed by atoms with E-state index in [9.17, 15) is 4.79 Å². The van der Waals surface area contributed by atoms with Crippen LogP contribution in [0.5, 0.6) is 0 Å². The summed E-state index contributed by atoms with van der Waals surface area (Å²) in [6, 6.07) is 17.3. The first kappa shape index (κ1) is 25.7. The van der Waals surface area contributed by atoms with Crippen molar-refractivity contribution in [1.29, 1.82) is 0 Å². The van der Waals surface area contributed by atoms with Crippen molar-refractivity contribution in [3.8, 4) is 11.4 Å². The highest BCUT2D eigenvalue weighted by molar-refractivity contribution is 6.08. The van der Waals surface area contributed by atoms with Crippen LogP contribution in [-0.4, -0.2) is 77.4 Å². The molecule has 2 N–H and O–H groups in total. The number of pyridine rings is 1. The highest BCUT2D eigenvalue weighted by Crippen LogP contribution is 2.33. The molecular formula is C30H32N8O2. The number of likely N-dealkylation sites (N-methyl/N-ethyl adjacent to an activating group) is 1. The van der Waals surface area contributed by atoms with E-state index in [1.54, 1.807) is 24.5 Å². The molecule has 2 amide bonds. The minimum atomic E-state index is -0.335. The lowest BCUT2D eigenvalue weighted by molar-refractivity contribution is 0.122. The van der Waals surface area contributed by atoms with Gasteiger partial charge in [-0.2, -0.15) is 0 Å². The summed E-state index contributed by atoms with van der Waals surface area (Å²) >= 11 is 0. The quantitative estimate of drug-likeness (QED) is 0.311. The molecule has 1 aliphatic rings. The molecule has 1 saturated heterocycles. The van der Waals surface area contributed by atoms with Crippen LogP contribution in [0.3, 0.4) is 0 Å². The molecular weight excluding hydrogens is 504 g/mol. The normalized spacial score (nSPS) is 13.7. The van der Waals surface area contributed by atoms with Gasteiger partial charge in [0.05, 0.1) is 36.1 Å². The van der Waals surface area contributed by atoms with E-state index in [0.717, 1.165) is 59.4 Å². The molecule has 4 heterocycles. The Morgan fingerprint density at radius 3 is 2.50 bits per heavy atom. The first-order chi connectivity index (χ1) is 19.5. The summed E-state index contributed by atoms with van der Waals surface area (Å²) < 4.78 is 7.89. The van der Waals surface area contributed by atoms with Gasteiger partial charge in [-0.3, -0.25) is 4.98 Å². The summed E-state index contributed by atoms with van der Waals surface area (Å²) in [6.45, 7) is 4.76. The summed E-state index contributed by atoms with van der Waals surface area (Å²) in [6.07, 6.45) is 5.40. The van der Waals surface area contributed by atoms with Gasteiger partial charge < -0.3 is 29.7 Å². The Labute approximate surface area is 232 Å². The fraction of sp³-hybridized carbons (Fsp3) is 0.267. The Bertz CT molecular complexity index is 1630. The number of urea groups is 1. The van der Waals surface area contributed by atoms with Crippen LogP contribution in [0.15, 0.2) is 73.2 Å². The van der Waals surface area contributed by atoms with Crippen molar-refractivity contribution in [3.05, 3.63) is 73.2 Å². The van der Waals surface area contributed by atoms with Gasteiger partial charge >= 0.3 is 6.03 Å². The summed E-state index contributed by atoms with van der Waals surface area (Å²) in [7, 11) is 4.17. The maximum atomic E-state index is 12.4. The first-order valence-corrected chi connectivity index (χ1v) is 13.4. The van der Waals surface area contributed by atoms with Crippen molar-refractivity contribution in [2.24, 2.45) is 0 Å². The molecule has 5 aromatic rings. The van der Waals surface area contributed by atoms with Gasteiger partial charge in [0, 0.05) is 60.6 Å². The fourth-order valence-corrected chi connectivity index (χ4v) is 4.93. The highest BCUT2D eigenvalue weighted by atomic mass is 16.5. The first-order valence-electron chi connectivity index (χ1n) is 13.4. The number of fused-ring (bicyclic) bond motifs is 3. The predicted octanol–water partition coefficient (Wildman–Crippen LogP) is 4.69. The van der Waals surface area contributed by atoms with Gasteiger partial charge in [0.1, 0.15) is 5.82 Å². The number of nitrogens with one attached hydrogen (secondary N) is 2. The minimum absolute atomic E-state index is 0.335. The van der Waals surface area contributed by atoms with Gasteiger partial charge in [0.15, 0.2) is 5.82 Å². The number of carbonyl (C=O) groups excluding carboxylic acids is 1. The molecule has 2 aromatic carbocycles. The molecule has 10 nitrogen and oxygen atoms in total. The van der Waals surface area contributed by atoms with Crippen LogP contribution in [0.1, 0.15) is 0 Å². The number of carbonyl (C=O) groups is 1. The maximum Gasteiger partial charge on any atom is 0.323 e. The standard InChI is InChI=1S/C30H32N8O2/c1-36(2)14-15-37-13-11-24-26(37)10-9-25-27(24)34-28(35-29(25)38-16-18-40-19-17-38)21-5-7-22(8-6-21)32-30(39)33-23-4-3-12-31-20-23/h3-13,20H,14-19H2,1-2H3,(H2,32,33,39). The number of amides is 2. The second kappa shape index (κ2) is 11.3. The van der Waals surface area contributed by atoms with Crippen molar-refractivity contribution in [3.63, 3.8) is 0 Å². The van der Waals surface area contributed by atoms with E-state index in [2.05, 4.69) is 68.5 Å². The molecule has 40 heavy (non-hydrogen) atoms. The van der Waals surface area contributed by atoms with Crippen molar-refractivity contribution in [1.82, 2.24) is 24.4 Å². The fourth-order valence-electron chi connectivity index (χ4n) is 4.93. The van der Waals surface area contributed by atoms with E-state index in [1.807, 2.05) is 24.3 Å². The number of nitrogens with zero attached hydrogens (tertiary/aromatic N) is 6. The van der Waals surface area contributed by atoms with Crippen LogP contribution < -0.4 is 15.5 Å². The Morgan fingerprint density at radius 1 is 0.950 bits per heavy atom. The molecule has 0 unspecified atom stereocenters. The van der Waals surface area contributed by atoms with Gasteiger partial charge in [0.2, 0.25) is 0 Å². The molecule has 0 atom stereocenters. The van der Waals surface area contributed by atoms with Crippen molar-refractivity contribution >= 4 is 45.0 Å². The van der Waals surface area contributed by atoms with Crippen LogP contribution in [0, 0.1) is 0 Å². The molecule has 1 aliphatic heterocycles.